The van der Waals surface area contributed by atoms with E-state index in [-0.39, 0.29) is 0 Å². The molecule has 206 valence electrons. The Morgan fingerprint density at radius 2 is 0.882 bits per heavy atom. The van der Waals surface area contributed by atoms with Gasteiger partial charge in [-0.1, -0.05) is 6.92 Å². The van der Waals surface area contributed by atoms with Crippen molar-refractivity contribution >= 4 is 10.0 Å². The summed E-state index contributed by atoms with van der Waals surface area (Å²) in [6.45, 7) is -3.13. The normalized spacial score (nSPS) is 16.4. The van der Waals surface area contributed by atoms with Gasteiger partial charge in [0.05, 0.1) is 0 Å². The smallest absolute Gasteiger partial charge is 0.329 e. The number of likely N-dealkylation sites (N-methyl/N-ethyl adjacent to an activating group) is 1. The molecule has 0 fully saturated rings. The van der Waals surface area contributed by atoms with Crippen LogP contribution in [0, 0.1) is 0 Å². The van der Waals surface area contributed by atoms with E-state index in [1.807, 2.05) is 0 Å². The zero-order valence-corrected chi connectivity index (χ0v) is 16.6. The molecule has 0 amide bonds. The van der Waals surface area contributed by atoms with Crippen LogP contribution in [0.25, 0.3) is 0 Å². The number of nitrogens with two attached hydrogens (primary N) is 1. The fourth-order valence-corrected chi connectivity index (χ4v) is 3.53. The van der Waals surface area contributed by atoms with Gasteiger partial charge in [-0.3, -0.25) is 0 Å². The maximum absolute atomic E-state index is 13.9. The van der Waals surface area contributed by atoms with E-state index < -0.39 is 80.9 Å². The lowest BCUT2D eigenvalue weighted by Gasteiger charge is -2.43. The van der Waals surface area contributed by atoms with Crippen LogP contribution in [0.15, 0.2) is 0 Å². The van der Waals surface area contributed by atoms with Crippen molar-refractivity contribution in [3.05, 3.63) is 0 Å². The molecule has 2 N–H and O–H groups in total. The van der Waals surface area contributed by atoms with E-state index in [1.165, 1.54) is 0 Å². The molecule has 4 nitrogen and oxygen atoms in total. The van der Waals surface area contributed by atoms with Gasteiger partial charge < -0.3 is 5.73 Å². The van der Waals surface area contributed by atoms with Crippen molar-refractivity contribution in [3.8, 4) is 0 Å². The molecule has 0 atom stereocenters. The summed E-state index contributed by atoms with van der Waals surface area (Å²) in [5.74, 6) is -51.6. The van der Waals surface area contributed by atoms with Gasteiger partial charge in [0.15, 0.2) is 0 Å². The molecule has 0 aromatic carbocycles. The Labute approximate surface area is 177 Å². The lowest BCUT2D eigenvalue weighted by atomic mass is 9.91. The summed E-state index contributed by atoms with van der Waals surface area (Å²) in [6.07, 6.45) is -7.87. The van der Waals surface area contributed by atoms with Crippen molar-refractivity contribution in [2.24, 2.45) is 5.73 Å². The lowest BCUT2D eigenvalue weighted by molar-refractivity contribution is -0.458. The Balaban J connectivity index is 7.01. The first-order chi connectivity index (χ1) is 14.5. The summed E-state index contributed by atoms with van der Waals surface area (Å²) >= 11 is 0. The molecule has 0 heterocycles. The van der Waals surface area contributed by atoms with Gasteiger partial charge in [-0.05, 0) is 0 Å². The van der Waals surface area contributed by atoms with Crippen LogP contribution in [0.2, 0.25) is 0 Å². The van der Waals surface area contributed by atoms with Crippen molar-refractivity contribution in [3.63, 3.8) is 0 Å². The highest BCUT2D eigenvalue weighted by molar-refractivity contribution is 7.90. The molecular weight excluding hydrogens is 559 g/mol. The number of hydrogen-bond donors (Lipinski definition) is 1. The van der Waals surface area contributed by atoms with Crippen LogP contribution in [-0.2, 0) is 10.0 Å². The maximum atomic E-state index is 13.9. The van der Waals surface area contributed by atoms with Gasteiger partial charge in [-0.2, -0.15) is 78.9 Å². The highest BCUT2D eigenvalue weighted by atomic mass is 32.2. The number of nitrogens with zero attached hydrogens (tertiary/aromatic N) is 1. The van der Waals surface area contributed by atoms with Crippen molar-refractivity contribution in [2.75, 3.05) is 19.6 Å². The van der Waals surface area contributed by atoms with Gasteiger partial charge in [-0.15, -0.1) is 0 Å². The van der Waals surface area contributed by atoms with E-state index in [9.17, 15) is 83.1 Å². The summed E-state index contributed by atoms with van der Waals surface area (Å²) in [6, 6.07) is 0. The maximum Gasteiger partial charge on any atom is 0.460 e. The molecule has 0 aromatic rings. The highest BCUT2D eigenvalue weighted by Gasteiger charge is 2.96. The van der Waals surface area contributed by atoms with Gasteiger partial charge in [-0.25, -0.2) is 8.42 Å². The van der Waals surface area contributed by atoms with Crippen molar-refractivity contribution < 1.29 is 83.1 Å². The van der Waals surface area contributed by atoms with Crippen LogP contribution >= 0.6 is 0 Å². The minimum atomic E-state index is -8.84. The number of hydrogen-bond acceptors (Lipinski definition) is 3. The van der Waals surface area contributed by atoms with E-state index in [1.54, 1.807) is 0 Å². The number of halogens is 17. The highest BCUT2D eigenvalue weighted by Crippen LogP contribution is 2.64. The average molecular weight is 570 g/mol. The molecule has 0 bridgehead atoms. The molecule has 0 saturated heterocycles. The fraction of sp³-hybridized carbons (Fsp3) is 1.00. The zero-order valence-electron chi connectivity index (χ0n) is 15.8. The fourth-order valence-electron chi connectivity index (χ4n) is 2.07. The molecular formula is C12H11F17N2O2S. The van der Waals surface area contributed by atoms with Gasteiger partial charge in [0.1, 0.15) is 0 Å². The Morgan fingerprint density at radius 1 is 0.588 bits per heavy atom. The first-order valence-electron chi connectivity index (χ1n) is 7.93. The Bertz CT molecular complexity index is 836. The Morgan fingerprint density at radius 3 is 1.15 bits per heavy atom. The third kappa shape index (κ3) is 4.05. The summed E-state index contributed by atoms with van der Waals surface area (Å²) in [4.78, 5) is 0. The van der Waals surface area contributed by atoms with Crippen LogP contribution in [0.5, 0.6) is 0 Å². The Kier molecular flexibility index (Phi) is 8.32. The topological polar surface area (TPSA) is 63.4 Å². The molecule has 0 aromatic heterocycles. The standard InChI is InChI=1S/C12H11F17N2O2S/c1-2-31(4-3-30)34(32,33)12(28,29)10(23,24)8(19,20)6(15,16)5(13,14)7(17,18)9(21,22)11(25,26)27/h2-4,30H2,1H3. The van der Waals surface area contributed by atoms with Crippen molar-refractivity contribution in [2.45, 2.75) is 53.9 Å². The van der Waals surface area contributed by atoms with Crippen LogP contribution < -0.4 is 5.73 Å². The second-order valence-corrected chi connectivity index (χ2v) is 8.23. The molecule has 0 saturated carbocycles. The number of alkyl halides is 17. The van der Waals surface area contributed by atoms with Gasteiger partial charge in [0.25, 0.3) is 10.0 Å². The number of rotatable bonds is 11. The monoisotopic (exact) mass is 570 g/mol. The molecule has 0 aliphatic rings. The summed E-state index contributed by atoms with van der Waals surface area (Å²) in [7, 11) is -7.25. The molecule has 0 rings (SSSR count). The summed E-state index contributed by atoms with van der Waals surface area (Å²) in [5, 5.41) is -7.55. The second kappa shape index (κ2) is 8.66. The van der Waals surface area contributed by atoms with Gasteiger partial charge in [0, 0.05) is 19.6 Å². The van der Waals surface area contributed by atoms with Crippen molar-refractivity contribution in [1.82, 2.24) is 4.31 Å². The minimum absolute atomic E-state index is 0.572. The van der Waals surface area contributed by atoms with Crippen LogP contribution in [0.1, 0.15) is 6.92 Å². The van der Waals surface area contributed by atoms with Gasteiger partial charge >= 0.3 is 47.0 Å². The predicted molar refractivity (Wildman–Crippen MR) is 75.9 cm³/mol. The molecule has 34 heavy (non-hydrogen) atoms. The summed E-state index contributed by atoms with van der Waals surface area (Å²) in [5.41, 5.74) is 4.74. The minimum Gasteiger partial charge on any atom is -0.329 e. The molecule has 0 unspecified atom stereocenters. The first kappa shape index (κ1) is 32.7. The Hall–Kier alpha value is -1.32. The third-order valence-corrected chi connectivity index (χ3v) is 6.11. The molecule has 22 heteroatoms. The largest absolute Gasteiger partial charge is 0.460 e. The summed E-state index contributed by atoms with van der Waals surface area (Å²) < 4.78 is 246. The van der Waals surface area contributed by atoms with Crippen LogP contribution in [0.4, 0.5) is 74.6 Å². The van der Waals surface area contributed by atoms with E-state index >= 15 is 0 Å². The first-order valence-corrected chi connectivity index (χ1v) is 9.37. The molecule has 0 aliphatic heterocycles. The quantitative estimate of drug-likeness (QED) is 0.371. The second-order valence-electron chi connectivity index (χ2n) is 6.25. The van der Waals surface area contributed by atoms with E-state index in [0.717, 1.165) is 0 Å². The van der Waals surface area contributed by atoms with Crippen molar-refractivity contribution in [1.29, 1.82) is 0 Å². The average Bonchev–Trinajstić information content (AvgIpc) is 2.63. The molecule has 0 radical (unpaired) electrons. The predicted octanol–water partition coefficient (Wildman–Crippen LogP) is 4.56. The zero-order chi connectivity index (χ0) is 28.2. The van der Waals surface area contributed by atoms with Crippen LogP contribution in [0.3, 0.4) is 0 Å². The number of sulfonamides is 1. The lowest BCUT2D eigenvalue weighted by Crippen LogP contribution is -2.75. The molecule has 0 spiro atoms. The molecule has 0 aliphatic carbocycles. The van der Waals surface area contributed by atoms with Crippen LogP contribution in [-0.4, -0.2) is 79.3 Å². The van der Waals surface area contributed by atoms with E-state index in [2.05, 4.69) is 0 Å². The van der Waals surface area contributed by atoms with E-state index in [0.29, 0.717) is 6.92 Å². The van der Waals surface area contributed by atoms with E-state index in [4.69, 9.17) is 5.73 Å². The van der Waals surface area contributed by atoms with Gasteiger partial charge in [0.2, 0.25) is 0 Å². The third-order valence-electron chi connectivity index (χ3n) is 4.09. The SMILES string of the molecule is CCN(CCN)S(=O)(=O)C(F)(F)C(F)(F)C(F)(F)C(F)(F)C(F)(F)C(F)(F)C(F)(F)C(F)(F)F.